The van der Waals surface area contributed by atoms with Crippen LogP contribution in [0.1, 0.15) is 18.3 Å². The number of aromatic nitrogens is 3. The normalized spacial score (nSPS) is 16.1. The highest BCUT2D eigenvalue weighted by atomic mass is 16.6. The topological polar surface area (TPSA) is 99.6 Å². The number of likely N-dealkylation sites (N-methyl/N-ethyl adjacent to an activating group) is 1. The zero-order valence-corrected chi connectivity index (χ0v) is 17.3. The molecular weight excluding hydrogens is 380 g/mol. The molecule has 4 N–H and O–H groups in total. The minimum absolute atomic E-state index is 0.0342. The van der Waals surface area contributed by atoms with Crippen LogP contribution in [0.5, 0.6) is 11.5 Å². The molecule has 2 heterocycles. The van der Waals surface area contributed by atoms with Gasteiger partial charge in [0.2, 0.25) is 11.9 Å². The van der Waals surface area contributed by atoms with Gasteiger partial charge >= 0.3 is 0 Å². The van der Waals surface area contributed by atoms with Crippen LogP contribution in [0.4, 0.5) is 17.6 Å². The lowest BCUT2D eigenvalue weighted by Gasteiger charge is -2.27. The number of nitrogens with zero attached hydrogens (tertiary/aromatic N) is 3. The molecule has 2 atom stereocenters. The van der Waals surface area contributed by atoms with Gasteiger partial charge in [-0.25, -0.2) is 0 Å². The molecule has 8 heteroatoms. The standard InChI is InChI=1S/C22H26N6O2/c1-3-15-8-4-5-9-17(15)24-22-26-20(25-21(23)27-22)13-28(2)12-16-14-29-18-10-6-7-11-19(18)30-16/h4-11,16H,3,12-14H2,1-2H3,(H3,23,24,25,26,27)/p+1/t16-/m1/s1. The summed E-state index contributed by atoms with van der Waals surface area (Å²) in [4.78, 5) is 14.3. The van der Waals surface area contributed by atoms with Crippen LogP contribution >= 0.6 is 0 Å². The number of benzene rings is 2. The fourth-order valence-corrected chi connectivity index (χ4v) is 3.54. The third-order valence-electron chi connectivity index (χ3n) is 4.95. The lowest BCUT2D eigenvalue weighted by atomic mass is 10.1. The van der Waals surface area contributed by atoms with E-state index in [0.29, 0.717) is 24.9 Å². The predicted molar refractivity (Wildman–Crippen MR) is 115 cm³/mol. The molecule has 4 rings (SSSR count). The third-order valence-corrected chi connectivity index (χ3v) is 4.95. The van der Waals surface area contributed by atoms with E-state index in [4.69, 9.17) is 15.2 Å². The van der Waals surface area contributed by atoms with Gasteiger partial charge in [-0.3, -0.25) is 0 Å². The van der Waals surface area contributed by atoms with Gasteiger partial charge in [-0.1, -0.05) is 37.3 Å². The molecule has 2 aromatic carbocycles. The Morgan fingerprint density at radius 1 is 1.07 bits per heavy atom. The molecule has 0 fully saturated rings. The largest absolute Gasteiger partial charge is 0.486 e. The number of ether oxygens (including phenoxy) is 2. The third kappa shape index (κ3) is 4.77. The average molecular weight is 407 g/mol. The Kier molecular flexibility index (Phi) is 5.94. The van der Waals surface area contributed by atoms with E-state index in [1.165, 1.54) is 10.5 Å². The monoisotopic (exact) mass is 407 g/mol. The number of para-hydroxylation sites is 3. The number of rotatable bonds is 7. The van der Waals surface area contributed by atoms with Crippen molar-refractivity contribution < 1.29 is 14.4 Å². The summed E-state index contributed by atoms with van der Waals surface area (Å²) in [5, 5.41) is 3.27. The van der Waals surface area contributed by atoms with Crippen LogP contribution in [0.15, 0.2) is 48.5 Å². The molecule has 0 saturated heterocycles. The summed E-state index contributed by atoms with van der Waals surface area (Å²) in [6.45, 7) is 3.98. The second kappa shape index (κ2) is 8.96. The van der Waals surface area contributed by atoms with Gasteiger partial charge < -0.3 is 25.4 Å². The van der Waals surface area contributed by atoms with Gasteiger partial charge in [0.25, 0.3) is 0 Å². The van der Waals surface area contributed by atoms with E-state index in [0.717, 1.165) is 30.2 Å². The number of aryl methyl sites for hydroxylation is 1. The van der Waals surface area contributed by atoms with Gasteiger partial charge in [0.15, 0.2) is 23.4 Å². The number of anilines is 3. The maximum absolute atomic E-state index is 6.06. The lowest BCUT2D eigenvalue weighted by Crippen LogP contribution is -3.09. The van der Waals surface area contributed by atoms with Crippen molar-refractivity contribution in [3.63, 3.8) is 0 Å². The molecule has 1 aliphatic heterocycles. The molecule has 0 aliphatic carbocycles. The molecule has 0 saturated carbocycles. The summed E-state index contributed by atoms with van der Waals surface area (Å²) in [7, 11) is 2.07. The van der Waals surface area contributed by atoms with Crippen molar-refractivity contribution >= 4 is 17.6 Å². The van der Waals surface area contributed by atoms with Crippen LogP contribution in [-0.2, 0) is 13.0 Å². The Bertz CT molecular complexity index is 1010. The lowest BCUT2D eigenvalue weighted by molar-refractivity contribution is -0.897. The van der Waals surface area contributed by atoms with E-state index in [1.54, 1.807) is 0 Å². The van der Waals surface area contributed by atoms with E-state index in [1.807, 2.05) is 42.5 Å². The summed E-state index contributed by atoms with van der Waals surface area (Å²) >= 11 is 0. The van der Waals surface area contributed by atoms with Gasteiger partial charge in [-0.15, -0.1) is 0 Å². The maximum atomic E-state index is 6.06. The van der Waals surface area contributed by atoms with Crippen molar-refractivity contribution in [1.82, 2.24) is 15.0 Å². The fraction of sp³-hybridized carbons (Fsp3) is 0.318. The first-order valence-corrected chi connectivity index (χ1v) is 10.2. The highest BCUT2D eigenvalue weighted by Crippen LogP contribution is 2.30. The van der Waals surface area contributed by atoms with Crippen LogP contribution < -0.4 is 25.4 Å². The number of hydrogen-bond donors (Lipinski definition) is 3. The van der Waals surface area contributed by atoms with Gasteiger partial charge in [0.1, 0.15) is 19.7 Å². The molecule has 30 heavy (non-hydrogen) atoms. The first-order chi connectivity index (χ1) is 14.6. The smallest absolute Gasteiger partial charge is 0.232 e. The van der Waals surface area contributed by atoms with Crippen molar-refractivity contribution in [2.45, 2.75) is 26.0 Å². The highest BCUT2D eigenvalue weighted by Gasteiger charge is 2.24. The number of nitrogens with one attached hydrogen (secondary N) is 2. The van der Waals surface area contributed by atoms with E-state index >= 15 is 0 Å². The molecule has 0 radical (unpaired) electrons. The summed E-state index contributed by atoms with van der Waals surface area (Å²) in [5.41, 5.74) is 8.11. The van der Waals surface area contributed by atoms with Gasteiger partial charge in [0, 0.05) is 5.69 Å². The van der Waals surface area contributed by atoms with E-state index < -0.39 is 0 Å². The number of fused-ring (bicyclic) bond motifs is 1. The van der Waals surface area contributed by atoms with Crippen molar-refractivity contribution in [1.29, 1.82) is 0 Å². The molecule has 1 aromatic heterocycles. The van der Waals surface area contributed by atoms with E-state index in [-0.39, 0.29) is 12.1 Å². The SMILES string of the molecule is CCc1ccccc1Nc1nc(N)nc(C[NH+](C)C[C@@H]2COc3ccccc3O2)n1. The average Bonchev–Trinajstić information content (AvgIpc) is 2.73. The summed E-state index contributed by atoms with van der Waals surface area (Å²) in [5.74, 6) is 2.87. The zero-order valence-electron chi connectivity index (χ0n) is 17.3. The Labute approximate surface area is 176 Å². The first-order valence-electron chi connectivity index (χ1n) is 10.2. The van der Waals surface area contributed by atoms with Crippen molar-refractivity contribution in [3.05, 3.63) is 59.9 Å². The quantitative estimate of drug-likeness (QED) is 0.547. The zero-order chi connectivity index (χ0) is 20.9. The molecule has 1 unspecified atom stereocenters. The van der Waals surface area contributed by atoms with Crippen molar-refractivity contribution in [3.8, 4) is 11.5 Å². The first kappa shape index (κ1) is 19.9. The van der Waals surface area contributed by atoms with Gasteiger partial charge in [-0.2, -0.15) is 15.0 Å². The van der Waals surface area contributed by atoms with Crippen LogP contribution in [0.3, 0.4) is 0 Å². The van der Waals surface area contributed by atoms with E-state index in [9.17, 15) is 0 Å². The Balaban J connectivity index is 1.41. The molecule has 0 amide bonds. The number of nitrogens with two attached hydrogens (primary N) is 1. The molecule has 3 aromatic rings. The molecule has 0 bridgehead atoms. The van der Waals surface area contributed by atoms with Crippen molar-refractivity contribution in [2.24, 2.45) is 0 Å². The Morgan fingerprint density at radius 2 is 1.83 bits per heavy atom. The Hall–Kier alpha value is -3.39. The number of nitrogen functional groups attached to an aromatic ring is 1. The molecule has 8 nitrogen and oxygen atoms in total. The second-order valence-corrected chi connectivity index (χ2v) is 7.40. The highest BCUT2D eigenvalue weighted by molar-refractivity contribution is 5.58. The van der Waals surface area contributed by atoms with Gasteiger partial charge in [-0.05, 0) is 30.2 Å². The molecule has 0 spiro atoms. The maximum Gasteiger partial charge on any atom is 0.232 e. The molecular formula is C22H27N6O2+. The minimum Gasteiger partial charge on any atom is -0.486 e. The van der Waals surface area contributed by atoms with Gasteiger partial charge in [0.05, 0.1) is 7.05 Å². The van der Waals surface area contributed by atoms with Crippen LogP contribution in [0, 0.1) is 0 Å². The number of hydrogen-bond acceptors (Lipinski definition) is 7. The second-order valence-electron chi connectivity index (χ2n) is 7.40. The summed E-state index contributed by atoms with van der Waals surface area (Å²) < 4.78 is 11.9. The molecule has 1 aliphatic rings. The van der Waals surface area contributed by atoms with Crippen LogP contribution in [0.25, 0.3) is 0 Å². The predicted octanol–water partition coefficient (Wildman–Crippen LogP) is 1.61. The minimum atomic E-state index is -0.0342. The number of quaternary nitrogens is 1. The fourth-order valence-electron chi connectivity index (χ4n) is 3.54. The molecule has 156 valence electrons. The van der Waals surface area contributed by atoms with E-state index in [2.05, 4.69) is 40.3 Å². The van der Waals surface area contributed by atoms with Crippen molar-refractivity contribution in [2.75, 3.05) is 31.2 Å². The Morgan fingerprint density at radius 3 is 2.67 bits per heavy atom. The summed E-state index contributed by atoms with van der Waals surface area (Å²) in [6.07, 6.45) is 0.879. The summed E-state index contributed by atoms with van der Waals surface area (Å²) in [6, 6.07) is 15.8. The van der Waals surface area contributed by atoms with Crippen LogP contribution in [0.2, 0.25) is 0 Å². The van der Waals surface area contributed by atoms with Crippen LogP contribution in [-0.4, -0.2) is 41.3 Å².